The molecule has 146 valence electrons. The molecule has 27 heavy (non-hydrogen) atoms. The van der Waals surface area contributed by atoms with Crippen LogP contribution < -0.4 is 5.56 Å². The Bertz CT molecular complexity index is 980. The summed E-state index contributed by atoms with van der Waals surface area (Å²) in [6.07, 6.45) is -3.34. The number of nitrogens with zero attached hydrogens (tertiary/aromatic N) is 2. The van der Waals surface area contributed by atoms with Crippen LogP contribution in [0.4, 0.5) is 13.2 Å². The molecule has 3 rings (SSSR count). The maximum Gasteiger partial charge on any atom is 0.416 e. The van der Waals surface area contributed by atoms with Crippen LogP contribution in [0.1, 0.15) is 11.1 Å². The molecule has 0 amide bonds. The topological polar surface area (TPSA) is 68.6 Å². The molecule has 2 heterocycles. The standard InChI is InChI=1S/C17H17F3N2O4S/c18-17(19,20)14-3-1-2-13(10-14)11-21-12-15(4-5-16(21)23)27(24,25)22-6-8-26-9-7-22/h1-5,10,12H,6-9,11H2. The lowest BCUT2D eigenvalue weighted by molar-refractivity contribution is -0.137. The van der Waals surface area contributed by atoms with E-state index in [4.69, 9.17) is 4.74 Å². The Morgan fingerprint density at radius 1 is 1.07 bits per heavy atom. The van der Waals surface area contributed by atoms with E-state index in [0.717, 1.165) is 29.0 Å². The highest BCUT2D eigenvalue weighted by Crippen LogP contribution is 2.29. The Hall–Kier alpha value is -2.17. The Kier molecular flexibility index (Phi) is 5.41. The molecule has 0 atom stereocenters. The summed E-state index contributed by atoms with van der Waals surface area (Å²) in [5.41, 5.74) is -1.09. The van der Waals surface area contributed by atoms with E-state index in [2.05, 4.69) is 0 Å². The van der Waals surface area contributed by atoms with Gasteiger partial charge in [0.25, 0.3) is 5.56 Å². The third-order valence-electron chi connectivity index (χ3n) is 4.17. The number of sulfonamides is 1. The highest BCUT2D eigenvalue weighted by molar-refractivity contribution is 7.89. The van der Waals surface area contributed by atoms with Gasteiger partial charge in [0.15, 0.2) is 0 Å². The number of morpholine rings is 1. The molecule has 0 bridgehead atoms. The molecule has 0 N–H and O–H groups in total. The highest BCUT2D eigenvalue weighted by Gasteiger charge is 2.30. The van der Waals surface area contributed by atoms with Crippen molar-refractivity contribution in [3.63, 3.8) is 0 Å². The molecular formula is C17H17F3N2O4S. The first-order chi connectivity index (χ1) is 12.7. The quantitative estimate of drug-likeness (QED) is 0.784. The van der Waals surface area contributed by atoms with Crippen LogP contribution in [0.15, 0.2) is 52.3 Å². The minimum atomic E-state index is -4.50. The van der Waals surface area contributed by atoms with Gasteiger partial charge in [-0.25, -0.2) is 8.42 Å². The van der Waals surface area contributed by atoms with Crippen LogP contribution >= 0.6 is 0 Å². The molecule has 0 aliphatic carbocycles. The Balaban J connectivity index is 1.91. The number of halogens is 3. The van der Waals surface area contributed by atoms with Gasteiger partial charge in [-0.3, -0.25) is 4.79 Å². The van der Waals surface area contributed by atoms with E-state index in [1.54, 1.807) is 0 Å². The van der Waals surface area contributed by atoms with Crippen LogP contribution in [0.3, 0.4) is 0 Å². The van der Waals surface area contributed by atoms with E-state index in [1.165, 1.54) is 22.5 Å². The van der Waals surface area contributed by atoms with Crippen LogP contribution in [-0.4, -0.2) is 43.6 Å². The Morgan fingerprint density at radius 3 is 2.44 bits per heavy atom. The van der Waals surface area contributed by atoms with E-state index in [-0.39, 0.29) is 43.3 Å². The van der Waals surface area contributed by atoms with E-state index in [0.29, 0.717) is 0 Å². The van der Waals surface area contributed by atoms with Gasteiger partial charge in [-0.1, -0.05) is 12.1 Å². The number of rotatable bonds is 4. The summed E-state index contributed by atoms with van der Waals surface area (Å²) < 4.78 is 71.4. The van der Waals surface area contributed by atoms with Crippen LogP contribution in [-0.2, 0) is 27.5 Å². The fraction of sp³-hybridized carbons (Fsp3) is 0.353. The van der Waals surface area contributed by atoms with Crippen molar-refractivity contribution < 1.29 is 26.3 Å². The zero-order valence-corrected chi connectivity index (χ0v) is 15.0. The predicted octanol–water partition coefficient (Wildman–Crippen LogP) is 1.94. The molecule has 6 nitrogen and oxygen atoms in total. The van der Waals surface area contributed by atoms with Gasteiger partial charge in [0.1, 0.15) is 0 Å². The summed E-state index contributed by atoms with van der Waals surface area (Å²) in [4.78, 5) is 12.0. The van der Waals surface area contributed by atoms with Crippen molar-refractivity contribution >= 4 is 10.0 Å². The van der Waals surface area contributed by atoms with Crippen molar-refractivity contribution in [1.29, 1.82) is 0 Å². The average Bonchev–Trinajstić information content (AvgIpc) is 2.64. The fourth-order valence-corrected chi connectivity index (χ4v) is 4.19. The third-order valence-corrected chi connectivity index (χ3v) is 6.05. The van der Waals surface area contributed by atoms with E-state index in [9.17, 15) is 26.4 Å². The average molecular weight is 402 g/mol. The Morgan fingerprint density at radius 2 is 1.78 bits per heavy atom. The molecule has 1 aliphatic rings. The van der Waals surface area contributed by atoms with Crippen molar-refractivity contribution in [3.8, 4) is 0 Å². The van der Waals surface area contributed by atoms with Gasteiger partial charge >= 0.3 is 6.18 Å². The van der Waals surface area contributed by atoms with Gasteiger partial charge in [-0.05, 0) is 23.8 Å². The van der Waals surface area contributed by atoms with Crippen molar-refractivity contribution in [1.82, 2.24) is 8.87 Å². The molecule has 0 unspecified atom stereocenters. The number of hydrogen-bond donors (Lipinski definition) is 0. The van der Waals surface area contributed by atoms with E-state index >= 15 is 0 Å². The van der Waals surface area contributed by atoms with Crippen molar-refractivity contribution in [2.75, 3.05) is 26.3 Å². The highest BCUT2D eigenvalue weighted by atomic mass is 32.2. The monoisotopic (exact) mass is 402 g/mol. The van der Waals surface area contributed by atoms with Gasteiger partial charge in [0.2, 0.25) is 10.0 Å². The summed E-state index contributed by atoms with van der Waals surface area (Å²) in [5.74, 6) is 0. The molecule has 1 aliphatic heterocycles. The van der Waals surface area contributed by atoms with Crippen molar-refractivity contribution in [2.24, 2.45) is 0 Å². The maximum absolute atomic E-state index is 12.8. The number of hydrogen-bond acceptors (Lipinski definition) is 4. The van der Waals surface area contributed by atoms with Crippen molar-refractivity contribution in [3.05, 3.63) is 64.1 Å². The minimum Gasteiger partial charge on any atom is -0.379 e. The predicted molar refractivity (Wildman–Crippen MR) is 90.8 cm³/mol. The smallest absolute Gasteiger partial charge is 0.379 e. The normalized spacial score (nSPS) is 16.4. The SMILES string of the molecule is O=c1ccc(S(=O)(=O)N2CCOCC2)cn1Cc1cccc(C(F)(F)F)c1. The lowest BCUT2D eigenvalue weighted by Gasteiger charge is -2.26. The first-order valence-corrected chi connectivity index (χ1v) is 9.56. The second kappa shape index (κ2) is 7.45. The zero-order valence-electron chi connectivity index (χ0n) is 14.1. The van der Waals surface area contributed by atoms with Crippen molar-refractivity contribution in [2.45, 2.75) is 17.6 Å². The first kappa shape index (κ1) is 19.6. The number of ether oxygens (including phenoxy) is 1. The molecule has 2 aromatic rings. The van der Waals surface area contributed by atoms with Gasteiger partial charge in [0.05, 0.1) is 30.2 Å². The van der Waals surface area contributed by atoms with Crippen LogP contribution in [0.2, 0.25) is 0 Å². The molecule has 1 fully saturated rings. The second-order valence-electron chi connectivity index (χ2n) is 6.05. The number of benzene rings is 1. The molecule has 1 aromatic heterocycles. The van der Waals surface area contributed by atoms with Gasteiger partial charge in [0, 0.05) is 25.4 Å². The lowest BCUT2D eigenvalue weighted by Crippen LogP contribution is -2.41. The fourth-order valence-electron chi connectivity index (χ4n) is 2.76. The summed E-state index contributed by atoms with van der Waals surface area (Å²) >= 11 is 0. The first-order valence-electron chi connectivity index (χ1n) is 8.12. The van der Waals surface area contributed by atoms with Gasteiger partial charge in [-0.2, -0.15) is 17.5 Å². The van der Waals surface area contributed by atoms with Crippen LogP contribution in [0, 0.1) is 0 Å². The van der Waals surface area contributed by atoms with E-state index in [1.807, 2.05) is 0 Å². The molecular weight excluding hydrogens is 385 g/mol. The van der Waals surface area contributed by atoms with Gasteiger partial charge < -0.3 is 9.30 Å². The summed E-state index contributed by atoms with van der Waals surface area (Å²) in [6.45, 7) is 0.797. The summed E-state index contributed by atoms with van der Waals surface area (Å²) in [5, 5.41) is 0. The molecule has 1 saturated heterocycles. The molecule has 10 heteroatoms. The third kappa shape index (κ3) is 4.40. The summed E-state index contributed by atoms with van der Waals surface area (Å²) in [6, 6.07) is 6.88. The number of aromatic nitrogens is 1. The van der Waals surface area contributed by atoms with E-state index < -0.39 is 27.3 Å². The number of alkyl halides is 3. The largest absolute Gasteiger partial charge is 0.416 e. The van der Waals surface area contributed by atoms with Crippen LogP contribution in [0.5, 0.6) is 0 Å². The number of pyridine rings is 1. The zero-order chi connectivity index (χ0) is 19.7. The van der Waals surface area contributed by atoms with Crippen LogP contribution in [0.25, 0.3) is 0 Å². The Labute approximate surface area is 153 Å². The maximum atomic E-state index is 12.8. The van der Waals surface area contributed by atoms with Gasteiger partial charge in [-0.15, -0.1) is 0 Å². The lowest BCUT2D eigenvalue weighted by atomic mass is 10.1. The molecule has 1 aromatic carbocycles. The molecule has 0 spiro atoms. The second-order valence-corrected chi connectivity index (χ2v) is 7.98. The minimum absolute atomic E-state index is 0.0871. The molecule has 0 saturated carbocycles. The summed E-state index contributed by atoms with van der Waals surface area (Å²) in [7, 11) is -3.81. The molecule has 0 radical (unpaired) electrons.